The van der Waals surface area contributed by atoms with Crippen LogP contribution in [0.25, 0.3) is 0 Å². The minimum atomic E-state index is -4.08. The average molecular weight is 227 g/mol. The Morgan fingerprint density at radius 2 is 2.13 bits per heavy atom. The van der Waals surface area contributed by atoms with Crippen LogP contribution in [0.15, 0.2) is 23.1 Å². The minimum absolute atomic E-state index is 0.0243. The van der Waals surface area contributed by atoms with Gasteiger partial charge < -0.3 is 4.90 Å². The SMILES string of the molecule is CC1Cc2cc(S(=O)(=O)O)ccc2N1C. The summed E-state index contributed by atoms with van der Waals surface area (Å²) in [6, 6.07) is 5.09. The molecule has 0 spiro atoms. The van der Waals surface area contributed by atoms with Gasteiger partial charge >= 0.3 is 0 Å². The quantitative estimate of drug-likeness (QED) is 0.735. The van der Waals surface area contributed by atoms with E-state index in [0.29, 0.717) is 6.04 Å². The van der Waals surface area contributed by atoms with Gasteiger partial charge in [0.15, 0.2) is 0 Å². The maximum atomic E-state index is 10.9. The molecule has 0 saturated carbocycles. The van der Waals surface area contributed by atoms with Gasteiger partial charge in [0, 0.05) is 18.8 Å². The summed E-state index contributed by atoms with van der Waals surface area (Å²) in [6.07, 6.45) is 0.815. The van der Waals surface area contributed by atoms with Crippen molar-refractivity contribution < 1.29 is 13.0 Å². The Labute approximate surface area is 89.3 Å². The molecule has 1 aliphatic rings. The summed E-state index contributed by atoms with van der Waals surface area (Å²) in [5.41, 5.74) is 2.01. The molecule has 1 aromatic carbocycles. The van der Waals surface area contributed by atoms with Crippen molar-refractivity contribution in [3.05, 3.63) is 23.8 Å². The summed E-state index contributed by atoms with van der Waals surface area (Å²) in [5.74, 6) is 0. The van der Waals surface area contributed by atoms with Gasteiger partial charge in [-0.2, -0.15) is 8.42 Å². The summed E-state index contributed by atoms with van der Waals surface area (Å²) in [6.45, 7) is 2.08. The first-order valence-electron chi connectivity index (χ1n) is 4.73. The second-order valence-electron chi connectivity index (χ2n) is 3.93. The van der Waals surface area contributed by atoms with Crippen LogP contribution in [-0.2, 0) is 16.5 Å². The zero-order valence-electron chi connectivity index (χ0n) is 8.64. The number of nitrogens with zero attached hydrogens (tertiary/aromatic N) is 1. The molecule has 5 heteroatoms. The van der Waals surface area contributed by atoms with Crippen LogP contribution < -0.4 is 4.90 Å². The van der Waals surface area contributed by atoms with Crippen molar-refractivity contribution >= 4 is 15.8 Å². The monoisotopic (exact) mass is 227 g/mol. The number of hydrogen-bond acceptors (Lipinski definition) is 3. The van der Waals surface area contributed by atoms with Crippen LogP contribution in [0.2, 0.25) is 0 Å². The predicted octanol–water partition coefficient (Wildman–Crippen LogP) is 1.31. The molecule has 0 saturated heterocycles. The van der Waals surface area contributed by atoms with Crippen molar-refractivity contribution in [2.24, 2.45) is 0 Å². The lowest BCUT2D eigenvalue weighted by atomic mass is 10.1. The molecule has 15 heavy (non-hydrogen) atoms. The third-order valence-electron chi connectivity index (χ3n) is 2.91. The molecular weight excluding hydrogens is 214 g/mol. The molecule has 0 aromatic heterocycles. The van der Waals surface area contributed by atoms with Crippen molar-refractivity contribution in [1.82, 2.24) is 0 Å². The maximum Gasteiger partial charge on any atom is 0.294 e. The number of likely N-dealkylation sites (N-methyl/N-ethyl adjacent to an activating group) is 1. The highest BCUT2D eigenvalue weighted by molar-refractivity contribution is 7.85. The number of rotatable bonds is 1. The van der Waals surface area contributed by atoms with Crippen molar-refractivity contribution in [1.29, 1.82) is 0 Å². The molecule has 0 radical (unpaired) electrons. The van der Waals surface area contributed by atoms with Crippen molar-refractivity contribution in [3.63, 3.8) is 0 Å². The highest BCUT2D eigenvalue weighted by atomic mass is 32.2. The summed E-state index contributed by atoms with van der Waals surface area (Å²) < 4.78 is 30.8. The molecule has 0 fully saturated rings. The van der Waals surface area contributed by atoms with Gasteiger partial charge in [-0.25, -0.2) is 0 Å². The van der Waals surface area contributed by atoms with E-state index in [2.05, 4.69) is 11.8 Å². The zero-order valence-corrected chi connectivity index (χ0v) is 9.45. The molecule has 1 N–H and O–H groups in total. The van der Waals surface area contributed by atoms with Gasteiger partial charge in [0.25, 0.3) is 10.1 Å². The molecule has 1 unspecified atom stereocenters. The lowest BCUT2D eigenvalue weighted by Crippen LogP contribution is -2.23. The molecule has 82 valence electrons. The third-order valence-corrected chi connectivity index (χ3v) is 3.75. The topological polar surface area (TPSA) is 57.6 Å². The van der Waals surface area contributed by atoms with E-state index in [0.717, 1.165) is 17.7 Å². The fraction of sp³-hybridized carbons (Fsp3) is 0.400. The Kier molecular flexibility index (Phi) is 2.24. The highest BCUT2D eigenvalue weighted by Crippen LogP contribution is 2.32. The second kappa shape index (κ2) is 3.21. The van der Waals surface area contributed by atoms with Crippen LogP contribution in [0.4, 0.5) is 5.69 Å². The molecule has 0 amide bonds. The first-order chi connectivity index (χ1) is 6.89. The van der Waals surface area contributed by atoms with E-state index < -0.39 is 10.1 Å². The van der Waals surface area contributed by atoms with E-state index in [-0.39, 0.29) is 4.90 Å². The minimum Gasteiger partial charge on any atom is -0.371 e. The lowest BCUT2D eigenvalue weighted by Gasteiger charge is -2.18. The second-order valence-corrected chi connectivity index (χ2v) is 5.35. The van der Waals surface area contributed by atoms with Gasteiger partial charge in [-0.1, -0.05) is 0 Å². The van der Waals surface area contributed by atoms with Crippen LogP contribution >= 0.6 is 0 Å². The van der Waals surface area contributed by atoms with Gasteiger partial charge in [0.1, 0.15) is 0 Å². The van der Waals surface area contributed by atoms with Gasteiger partial charge in [0.05, 0.1) is 4.90 Å². The Morgan fingerprint density at radius 3 is 2.73 bits per heavy atom. The molecule has 1 atom stereocenters. The van der Waals surface area contributed by atoms with E-state index in [1.807, 2.05) is 7.05 Å². The highest BCUT2D eigenvalue weighted by Gasteiger charge is 2.24. The van der Waals surface area contributed by atoms with Crippen LogP contribution in [0.3, 0.4) is 0 Å². The van der Waals surface area contributed by atoms with Crippen molar-refractivity contribution in [3.8, 4) is 0 Å². The van der Waals surface area contributed by atoms with Gasteiger partial charge in [0.2, 0.25) is 0 Å². The zero-order chi connectivity index (χ0) is 11.2. The molecule has 1 heterocycles. The van der Waals surface area contributed by atoms with Crippen LogP contribution in [0, 0.1) is 0 Å². The Bertz CT molecular complexity index is 495. The maximum absolute atomic E-state index is 10.9. The van der Waals surface area contributed by atoms with Crippen LogP contribution in [0.1, 0.15) is 12.5 Å². The Hall–Kier alpha value is -1.07. The molecular formula is C10H13NO3S. The molecule has 0 bridgehead atoms. The van der Waals surface area contributed by atoms with Gasteiger partial charge in [-0.3, -0.25) is 4.55 Å². The fourth-order valence-corrected chi connectivity index (χ4v) is 2.45. The standard InChI is InChI=1S/C10H13NO3S/c1-7-5-8-6-9(15(12,13)14)3-4-10(8)11(7)2/h3-4,6-7H,5H2,1-2H3,(H,12,13,14). The summed E-state index contributed by atoms with van der Waals surface area (Å²) in [7, 11) is -2.10. The first kappa shape index (κ1) is 10.4. The van der Waals surface area contributed by atoms with E-state index in [1.54, 1.807) is 12.1 Å². The summed E-state index contributed by atoms with van der Waals surface area (Å²) >= 11 is 0. The Balaban J connectivity index is 2.51. The van der Waals surface area contributed by atoms with E-state index >= 15 is 0 Å². The Morgan fingerprint density at radius 1 is 1.47 bits per heavy atom. The molecule has 1 aliphatic heterocycles. The number of hydrogen-bond donors (Lipinski definition) is 1. The van der Waals surface area contributed by atoms with E-state index in [1.165, 1.54) is 6.07 Å². The van der Waals surface area contributed by atoms with Crippen LogP contribution in [0.5, 0.6) is 0 Å². The molecule has 1 aromatic rings. The average Bonchev–Trinajstić information content (AvgIpc) is 2.41. The van der Waals surface area contributed by atoms with Crippen LogP contribution in [-0.4, -0.2) is 26.1 Å². The largest absolute Gasteiger partial charge is 0.371 e. The molecule has 2 rings (SSSR count). The smallest absolute Gasteiger partial charge is 0.294 e. The third kappa shape index (κ3) is 1.72. The molecule has 0 aliphatic carbocycles. The van der Waals surface area contributed by atoms with Gasteiger partial charge in [-0.15, -0.1) is 0 Å². The number of benzene rings is 1. The van der Waals surface area contributed by atoms with Crippen molar-refractivity contribution in [2.75, 3.05) is 11.9 Å². The first-order valence-corrected chi connectivity index (χ1v) is 6.17. The number of fused-ring (bicyclic) bond motifs is 1. The van der Waals surface area contributed by atoms with Gasteiger partial charge in [-0.05, 0) is 37.1 Å². The van der Waals surface area contributed by atoms with E-state index in [4.69, 9.17) is 4.55 Å². The van der Waals surface area contributed by atoms with Crippen molar-refractivity contribution in [2.45, 2.75) is 24.3 Å². The summed E-state index contributed by atoms with van der Waals surface area (Å²) in [4.78, 5) is 2.08. The summed E-state index contributed by atoms with van der Waals surface area (Å²) in [5, 5.41) is 0. The predicted molar refractivity (Wildman–Crippen MR) is 57.8 cm³/mol. The molecule has 4 nitrogen and oxygen atoms in total. The fourth-order valence-electron chi connectivity index (χ4n) is 1.92. The normalized spacial score (nSPS) is 20.5. The van der Waals surface area contributed by atoms with E-state index in [9.17, 15) is 8.42 Å². The lowest BCUT2D eigenvalue weighted by molar-refractivity contribution is 0.483. The number of anilines is 1.